The molecule has 1 fully saturated rings. The van der Waals surface area contributed by atoms with Crippen molar-refractivity contribution in [3.63, 3.8) is 0 Å². The highest BCUT2D eigenvalue weighted by molar-refractivity contribution is 5.85. The first-order valence-corrected chi connectivity index (χ1v) is 3.70. The van der Waals surface area contributed by atoms with Crippen LogP contribution in [0, 0.1) is 5.92 Å². The molecule has 0 bridgehead atoms. The van der Waals surface area contributed by atoms with E-state index in [1.54, 1.807) is 0 Å². The minimum Gasteiger partial charge on any atom is -0.351 e. The summed E-state index contributed by atoms with van der Waals surface area (Å²) in [5, 5.41) is 5.97. The largest absolute Gasteiger partial charge is 0.351 e. The molecule has 1 unspecified atom stereocenters. The van der Waals surface area contributed by atoms with Gasteiger partial charge in [0.1, 0.15) is 0 Å². The topological polar surface area (TPSA) is 41.1 Å². The second kappa shape index (κ2) is 4.57. The van der Waals surface area contributed by atoms with Crippen LogP contribution in [-0.4, -0.2) is 25.0 Å². The van der Waals surface area contributed by atoms with Gasteiger partial charge >= 0.3 is 0 Å². The number of halogens is 1. The first kappa shape index (κ1) is 10.7. The van der Waals surface area contributed by atoms with E-state index in [9.17, 15) is 4.79 Å². The molecule has 1 aliphatic rings. The van der Waals surface area contributed by atoms with Crippen molar-refractivity contribution in [3.8, 4) is 0 Å². The number of nitrogens with one attached hydrogen (secondary N) is 2. The third kappa shape index (κ3) is 3.08. The monoisotopic (exact) mass is 178 g/mol. The summed E-state index contributed by atoms with van der Waals surface area (Å²) in [6.45, 7) is 5.60. The Labute approximate surface area is 73.3 Å². The van der Waals surface area contributed by atoms with Crippen LogP contribution in [0.25, 0.3) is 0 Å². The van der Waals surface area contributed by atoms with Crippen LogP contribution in [0.1, 0.15) is 13.8 Å². The molecule has 0 aromatic rings. The fraction of sp³-hybridized carbons (Fsp3) is 0.857. The predicted octanol–water partition coefficient (Wildman–Crippen LogP) is 0.152. The van der Waals surface area contributed by atoms with E-state index in [-0.39, 0.29) is 18.3 Å². The van der Waals surface area contributed by atoms with Gasteiger partial charge in [-0.3, -0.25) is 4.79 Å². The fourth-order valence-electron chi connectivity index (χ4n) is 1.05. The van der Waals surface area contributed by atoms with Crippen LogP contribution in [0.15, 0.2) is 0 Å². The summed E-state index contributed by atoms with van der Waals surface area (Å²) >= 11 is 0. The summed E-state index contributed by atoms with van der Waals surface area (Å²) < 4.78 is 0. The van der Waals surface area contributed by atoms with Crippen molar-refractivity contribution in [2.45, 2.75) is 19.9 Å². The SMILES string of the molecule is CC(C)C1CNCC(=O)N1.Cl. The van der Waals surface area contributed by atoms with Gasteiger partial charge in [0, 0.05) is 12.6 Å². The number of carbonyl (C=O) groups excluding carboxylic acids is 1. The van der Waals surface area contributed by atoms with E-state index in [4.69, 9.17) is 0 Å². The number of rotatable bonds is 1. The predicted molar refractivity (Wildman–Crippen MR) is 46.9 cm³/mol. The summed E-state index contributed by atoms with van der Waals surface area (Å²) in [5.41, 5.74) is 0. The highest BCUT2D eigenvalue weighted by atomic mass is 35.5. The van der Waals surface area contributed by atoms with Crippen molar-refractivity contribution in [1.29, 1.82) is 0 Å². The average Bonchev–Trinajstić information content (AvgIpc) is 1.88. The summed E-state index contributed by atoms with van der Waals surface area (Å²) in [4.78, 5) is 10.8. The standard InChI is InChI=1S/C7H14N2O.ClH/c1-5(2)6-3-8-4-7(10)9-6;/h5-6,8H,3-4H2,1-2H3,(H,9,10);1H. The molecule has 3 nitrogen and oxygen atoms in total. The summed E-state index contributed by atoms with van der Waals surface area (Å²) in [7, 11) is 0. The van der Waals surface area contributed by atoms with Crippen LogP contribution in [0.2, 0.25) is 0 Å². The molecule has 0 aliphatic carbocycles. The molecule has 1 heterocycles. The summed E-state index contributed by atoms with van der Waals surface area (Å²) in [6.07, 6.45) is 0. The molecule has 1 amide bonds. The van der Waals surface area contributed by atoms with E-state index in [1.165, 1.54) is 0 Å². The molecule has 66 valence electrons. The molecular formula is C7H15ClN2O. The Hall–Kier alpha value is -0.280. The van der Waals surface area contributed by atoms with Gasteiger partial charge in [-0.05, 0) is 5.92 Å². The maximum Gasteiger partial charge on any atom is 0.234 e. The molecule has 4 heteroatoms. The summed E-state index contributed by atoms with van der Waals surface area (Å²) in [6, 6.07) is 0.321. The second-order valence-electron chi connectivity index (χ2n) is 3.05. The lowest BCUT2D eigenvalue weighted by atomic mass is 10.0. The van der Waals surface area contributed by atoms with Gasteiger partial charge in [-0.15, -0.1) is 12.4 Å². The van der Waals surface area contributed by atoms with Gasteiger partial charge in [-0.25, -0.2) is 0 Å². The van der Waals surface area contributed by atoms with E-state index in [1.807, 2.05) is 0 Å². The fourth-order valence-corrected chi connectivity index (χ4v) is 1.05. The van der Waals surface area contributed by atoms with Crippen LogP contribution in [0.5, 0.6) is 0 Å². The third-order valence-electron chi connectivity index (χ3n) is 1.80. The Morgan fingerprint density at radius 3 is 2.55 bits per heavy atom. The normalized spacial score (nSPS) is 24.3. The molecule has 0 radical (unpaired) electrons. The molecule has 2 N–H and O–H groups in total. The number of hydrogen-bond donors (Lipinski definition) is 2. The molecule has 0 saturated carbocycles. The van der Waals surface area contributed by atoms with Crippen molar-refractivity contribution in [2.75, 3.05) is 13.1 Å². The Balaban J connectivity index is 0.000001000. The maximum atomic E-state index is 10.8. The van der Waals surface area contributed by atoms with Gasteiger partial charge in [-0.2, -0.15) is 0 Å². The van der Waals surface area contributed by atoms with E-state index in [2.05, 4.69) is 24.5 Å². The lowest BCUT2D eigenvalue weighted by Crippen LogP contribution is -2.54. The molecule has 1 atom stereocenters. The quantitative estimate of drug-likeness (QED) is 0.601. The van der Waals surface area contributed by atoms with Gasteiger partial charge < -0.3 is 10.6 Å². The minimum absolute atomic E-state index is 0. The third-order valence-corrected chi connectivity index (χ3v) is 1.80. The first-order chi connectivity index (χ1) is 4.70. The second-order valence-corrected chi connectivity index (χ2v) is 3.05. The lowest BCUT2D eigenvalue weighted by molar-refractivity contribution is -0.122. The summed E-state index contributed by atoms with van der Waals surface area (Å²) in [5.74, 6) is 0.640. The number of piperazine rings is 1. The molecule has 1 rings (SSSR count). The van der Waals surface area contributed by atoms with Crippen LogP contribution in [-0.2, 0) is 4.79 Å². The Morgan fingerprint density at radius 1 is 1.55 bits per heavy atom. The van der Waals surface area contributed by atoms with Crippen molar-refractivity contribution >= 4 is 18.3 Å². The smallest absolute Gasteiger partial charge is 0.234 e. The van der Waals surface area contributed by atoms with Crippen molar-refractivity contribution in [2.24, 2.45) is 5.92 Å². The minimum atomic E-state index is 0. The zero-order valence-corrected chi connectivity index (χ0v) is 7.70. The Morgan fingerprint density at radius 2 is 2.18 bits per heavy atom. The number of hydrogen-bond acceptors (Lipinski definition) is 2. The molecular weight excluding hydrogens is 164 g/mol. The van der Waals surface area contributed by atoms with E-state index >= 15 is 0 Å². The van der Waals surface area contributed by atoms with Gasteiger partial charge in [0.25, 0.3) is 0 Å². The van der Waals surface area contributed by atoms with Crippen LogP contribution in [0.4, 0.5) is 0 Å². The highest BCUT2D eigenvalue weighted by Crippen LogP contribution is 2.01. The van der Waals surface area contributed by atoms with Gasteiger partial charge in [0.05, 0.1) is 6.54 Å². The van der Waals surface area contributed by atoms with Crippen molar-refractivity contribution < 1.29 is 4.79 Å². The molecule has 0 aromatic carbocycles. The van der Waals surface area contributed by atoms with Gasteiger partial charge in [0.15, 0.2) is 0 Å². The zero-order chi connectivity index (χ0) is 7.56. The lowest BCUT2D eigenvalue weighted by Gasteiger charge is -2.26. The Kier molecular flexibility index (Phi) is 4.45. The molecule has 11 heavy (non-hydrogen) atoms. The highest BCUT2D eigenvalue weighted by Gasteiger charge is 2.19. The van der Waals surface area contributed by atoms with Gasteiger partial charge in [0.2, 0.25) is 5.91 Å². The Bertz CT molecular complexity index is 138. The zero-order valence-electron chi connectivity index (χ0n) is 6.89. The molecule has 1 aliphatic heterocycles. The van der Waals surface area contributed by atoms with E-state index < -0.39 is 0 Å². The average molecular weight is 179 g/mol. The van der Waals surface area contributed by atoms with E-state index in [0.717, 1.165) is 6.54 Å². The first-order valence-electron chi connectivity index (χ1n) is 3.70. The maximum absolute atomic E-state index is 10.8. The van der Waals surface area contributed by atoms with E-state index in [0.29, 0.717) is 18.5 Å². The van der Waals surface area contributed by atoms with Crippen molar-refractivity contribution in [3.05, 3.63) is 0 Å². The number of carbonyl (C=O) groups is 1. The molecule has 0 aromatic heterocycles. The van der Waals surface area contributed by atoms with Crippen molar-refractivity contribution in [1.82, 2.24) is 10.6 Å². The van der Waals surface area contributed by atoms with Crippen LogP contribution >= 0.6 is 12.4 Å². The molecule has 1 saturated heterocycles. The van der Waals surface area contributed by atoms with Gasteiger partial charge in [-0.1, -0.05) is 13.8 Å². The van der Waals surface area contributed by atoms with Crippen LogP contribution in [0.3, 0.4) is 0 Å². The molecule has 0 spiro atoms. The van der Waals surface area contributed by atoms with Crippen LogP contribution < -0.4 is 10.6 Å². The number of amides is 1.